The van der Waals surface area contributed by atoms with Crippen molar-refractivity contribution >= 4 is 0 Å². The van der Waals surface area contributed by atoms with Crippen molar-refractivity contribution in [3.05, 3.63) is 12.0 Å². The van der Waals surface area contributed by atoms with Crippen LogP contribution in [0.15, 0.2) is 6.20 Å². The summed E-state index contributed by atoms with van der Waals surface area (Å²) in [5.74, 6) is 2.39. The van der Waals surface area contributed by atoms with E-state index < -0.39 is 0 Å². The Morgan fingerprint density at radius 1 is 1.25 bits per heavy atom. The topological polar surface area (TPSA) is 56.3 Å². The molecule has 88 valence electrons. The van der Waals surface area contributed by atoms with Gasteiger partial charge in [0.25, 0.3) is 5.88 Å². The zero-order valence-electron chi connectivity index (χ0n) is 9.69. The highest BCUT2D eigenvalue weighted by Gasteiger charge is 2.19. The minimum Gasteiger partial charge on any atom is -0.490 e. The first kappa shape index (κ1) is 11.1. The van der Waals surface area contributed by atoms with Crippen LogP contribution < -0.4 is 14.8 Å². The van der Waals surface area contributed by atoms with Crippen LogP contribution in [0.3, 0.4) is 0 Å². The Kier molecular flexibility index (Phi) is 3.56. The molecule has 1 saturated heterocycles. The molecule has 1 fully saturated rings. The predicted octanol–water partition coefficient (Wildman–Crippen LogP) is 0.961. The molecule has 1 aliphatic heterocycles. The molecule has 16 heavy (non-hydrogen) atoms. The van der Waals surface area contributed by atoms with E-state index in [2.05, 4.69) is 15.3 Å². The van der Waals surface area contributed by atoms with Crippen LogP contribution in [-0.4, -0.2) is 37.3 Å². The summed E-state index contributed by atoms with van der Waals surface area (Å²) in [5, 5.41) is 3.32. The van der Waals surface area contributed by atoms with Crippen molar-refractivity contribution in [3.63, 3.8) is 0 Å². The van der Waals surface area contributed by atoms with E-state index in [0.29, 0.717) is 17.5 Å². The fraction of sp³-hybridized carbons (Fsp3) is 0.636. The molecular formula is C11H17N3O2. The Morgan fingerprint density at radius 3 is 2.62 bits per heavy atom. The van der Waals surface area contributed by atoms with E-state index in [-0.39, 0.29) is 0 Å². The SMILES string of the molecule is COc1cnc(C2CCNCC2)nc1OC. The Balaban J connectivity index is 2.20. The molecule has 0 spiro atoms. The van der Waals surface area contributed by atoms with Crippen molar-refractivity contribution in [2.75, 3.05) is 27.3 Å². The quantitative estimate of drug-likeness (QED) is 0.827. The molecule has 1 aromatic heterocycles. The zero-order valence-corrected chi connectivity index (χ0v) is 9.69. The van der Waals surface area contributed by atoms with Gasteiger partial charge in [-0.25, -0.2) is 4.98 Å². The van der Waals surface area contributed by atoms with E-state index in [1.54, 1.807) is 20.4 Å². The fourth-order valence-corrected chi connectivity index (χ4v) is 1.93. The molecule has 0 aliphatic carbocycles. The van der Waals surface area contributed by atoms with Gasteiger partial charge in [-0.05, 0) is 25.9 Å². The highest BCUT2D eigenvalue weighted by Crippen LogP contribution is 2.28. The first-order valence-electron chi connectivity index (χ1n) is 5.50. The van der Waals surface area contributed by atoms with Gasteiger partial charge in [-0.2, -0.15) is 4.98 Å². The van der Waals surface area contributed by atoms with E-state index >= 15 is 0 Å². The average Bonchev–Trinajstić information content (AvgIpc) is 2.39. The Hall–Kier alpha value is -1.36. The number of methoxy groups -OCH3 is 2. The molecule has 5 heteroatoms. The van der Waals surface area contributed by atoms with Crippen LogP contribution in [0.2, 0.25) is 0 Å². The molecule has 2 heterocycles. The number of nitrogens with zero attached hydrogens (tertiary/aromatic N) is 2. The zero-order chi connectivity index (χ0) is 11.4. The summed E-state index contributed by atoms with van der Waals surface area (Å²) in [6.07, 6.45) is 3.84. The summed E-state index contributed by atoms with van der Waals surface area (Å²) in [7, 11) is 3.18. The predicted molar refractivity (Wildman–Crippen MR) is 60.0 cm³/mol. The second-order valence-corrected chi connectivity index (χ2v) is 3.83. The largest absolute Gasteiger partial charge is 0.490 e. The van der Waals surface area contributed by atoms with Gasteiger partial charge in [-0.3, -0.25) is 0 Å². The van der Waals surface area contributed by atoms with Gasteiger partial charge >= 0.3 is 0 Å². The maximum absolute atomic E-state index is 5.18. The lowest BCUT2D eigenvalue weighted by molar-refractivity contribution is 0.335. The third-order valence-corrected chi connectivity index (χ3v) is 2.86. The monoisotopic (exact) mass is 223 g/mol. The average molecular weight is 223 g/mol. The summed E-state index contributed by atoms with van der Waals surface area (Å²) in [4.78, 5) is 8.74. The second kappa shape index (κ2) is 5.12. The molecule has 1 aliphatic rings. The molecule has 2 rings (SSSR count). The van der Waals surface area contributed by atoms with Crippen LogP contribution in [0.25, 0.3) is 0 Å². The van der Waals surface area contributed by atoms with Gasteiger partial charge in [-0.1, -0.05) is 0 Å². The molecular weight excluding hydrogens is 206 g/mol. The van der Waals surface area contributed by atoms with Gasteiger partial charge in [0.1, 0.15) is 5.82 Å². The first-order valence-corrected chi connectivity index (χ1v) is 5.50. The molecule has 0 saturated carbocycles. The van der Waals surface area contributed by atoms with E-state index in [4.69, 9.17) is 9.47 Å². The van der Waals surface area contributed by atoms with E-state index in [1.807, 2.05) is 0 Å². The number of hydrogen-bond acceptors (Lipinski definition) is 5. The minimum atomic E-state index is 0.432. The third kappa shape index (κ3) is 2.24. The van der Waals surface area contributed by atoms with Crippen molar-refractivity contribution in [3.8, 4) is 11.6 Å². The van der Waals surface area contributed by atoms with Crippen LogP contribution in [-0.2, 0) is 0 Å². The van der Waals surface area contributed by atoms with Crippen molar-refractivity contribution in [2.45, 2.75) is 18.8 Å². The summed E-state index contributed by atoms with van der Waals surface area (Å²) >= 11 is 0. The number of hydrogen-bond donors (Lipinski definition) is 1. The lowest BCUT2D eigenvalue weighted by Gasteiger charge is -2.21. The first-order chi connectivity index (χ1) is 7.85. The van der Waals surface area contributed by atoms with Gasteiger partial charge in [0.05, 0.1) is 20.4 Å². The van der Waals surface area contributed by atoms with Gasteiger partial charge in [0, 0.05) is 5.92 Å². The van der Waals surface area contributed by atoms with Gasteiger partial charge in [0.2, 0.25) is 0 Å². The molecule has 0 aromatic carbocycles. The summed E-state index contributed by atoms with van der Waals surface area (Å²) in [6.45, 7) is 2.06. The van der Waals surface area contributed by atoms with E-state index in [0.717, 1.165) is 31.8 Å². The Morgan fingerprint density at radius 2 is 2.00 bits per heavy atom. The van der Waals surface area contributed by atoms with Crippen LogP contribution in [0.4, 0.5) is 0 Å². The normalized spacial score (nSPS) is 17.1. The standard InChI is InChI=1S/C11H17N3O2/c1-15-9-7-13-10(14-11(9)16-2)8-3-5-12-6-4-8/h7-8,12H,3-6H2,1-2H3. The van der Waals surface area contributed by atoms with Gasteiger partial charge in [0.15, 0.2) is 5.75 Å². The Labute approximate surface area is 95.2 Å². The molecule has 5 nitrogen and oxygen atoms in total. The molecule has 1 aromatic rings. The van der Waals surface area contributed by atoms with E-state index in [9.17, 15) is 0 Å². The molecule has 0 bridgehead atoms. The number of piperidine rings is 1. The lowest BCUT2D eigenvalue weighted by atomic mass is 9.97. The molecule has 0 amide bonds. The maximum atomic E-state index is 5.18. The molecule has 0 radical (unpaired) electrons. The summed E-state index contributed by atoms with van der Waals surface area (Å²) in [5.41, 5.74) is 0. The number of ether oxygens (including phenoxy) is 2. The summed E-state index contributed by atoms with van der Waals surface area (Å²) < 4.78 is 10.3. The van der Waals surface area contributed by atoms with Crippen molar-refractivity contribution in [2.24, 2.45) is 0 Å². The van der Waals surface area contributed by atoms with Crippen molar-refractivity contribution in [1.82, 2.24) is 15.3 Å². The van der Waals surface area contributed by atoms with Crippen LogP contribution in [0.1, 0.15) is 24.6 Å². The molecule has 1 N–H and O–H groups in total. The molecule has 0 atom stereocenters. The number of aromatic nitrogens is 2. The smallest absolute Gasteiger partial charge is 0.260 e. The van der Waals surface area contributed by atoms with E-state index in [1.165, 1.54) is 0 Å². The van der Waals surface area contributed by atoms with Crippen LogP contribution >= 0.6 is 0 Å². The van der Waals surface area contributed by atoms with Gasteiger partial charge in [-0.15, -0.1) is 0 Å². The van der Waals surface area contributed by atoms with Crippen LogP contribution in [0, 0.1) is 0 Å². The second-order valence-electron chi connectivity index (χ2n) is 3.83. The summed E-state index contributed by atoms with van der Waals surface area (Å²) in [6, 6.07) is 0. The number of rotatable bonds is 3. The highest BCUT2D eigenvalue weighted by atomic mass is 16.5. The lowest BCUT2D eigenvalue weighted by Crippen LogP contribution is -2.27. The maximum Gasteiger partial charge on any atom is 0.260 e. The third-order valence-electron chi connectivity index (χ3n) is 2.86. The minimum absolute atomic E-state index is 0.432. The Bertz CT molecular complexity index is 351. The highest BCUT2D eigenvalue weighted by molar-refractivity contribution is 5.31. The molecule has 0 unspecified atom stereocenters. The van der Waals surface area contributed by atoms with Crippen molar-refractivity contribution in [1.29, 1.82) is 0 Å². The van der Waals surface area contributed by atoms with Gasteiger partial charge < -0.3 is 14.8 Å². The van der Waals surface area contributed by atoms with Crippen LogP contribution in [0.5, 0.6) is 11.6 Å². The fourth-order valence-electron chi connectivity index (χ4n) is 1.93. The van der Waals surface area contributed by atoms with Crippen molar-refractivity contribution < 1.29 is 9.47 Å². The number of nitrogens with one attached hydrogen (secondary N) is 1.